The highest BCUT2D eigenvalue weighted by Gasteiger charge is 2.25. The molecule has 2 aromatic carbocycles. The average molecular weight is 403 g/mol. The van der Waals surface area contributed by atoms with Crippen LogP contribution in [0.25, 0.3) is 0 Å². The molecule has 1 amide bonds. The first kappa shape index (κ1) is 20.0. The van der Waals surface area contributed by atoms with Crippen LogP contribution in [0.3, 0.4) is 0 Å². The summed E-state index contributed by atoms with van der Waals surface area (Å²) in [7, 11) is -3.58. The first-order valence-corrected chi connectivity index (χ1v) is 10.5. The topological polar surface area (TPSA) is 110 Å². The largest absolute Gasteiger partial charge is 0.322 e. The zero-order valence-electron chi connectivity index (χ0n) is 15.2. The Balaban J connectivity index is 1.73. The van der Waals surface area contributed by atoms with Crippen molar-refractivity contribution >= 4 is 27.3 Å². The van der Waals surface area contributed by atoms with Gasteiger partial charge in [0.05, 0.1) is 9.82 Å². The summed E-state index contributed by atoms with van der Waals surface area (Å²) >= 11 is 0. The number of sulfonamides is 1. The highest BCUT2D eigenvalue weighted by atomic mass is 32.2. The number of hydrogen-bond donors (Lipinski definition) is 1. The van der Waals surface area contributed by atoms with E-state index < -0.39 is 20.9 Å². The van der Waals surface area contributed by atoms with Gasteiger partial charge in [-0.2, -0.15) is 4.31 Å². The van der Waals surface area contributed by atoms with E-state index in [1.807, 2.05) is 0 Å². The second-order valence-electron chi connectivity index (χ2n) is 6.60. The number of carbonyl (C=O) groups is 1. The summed E-state index contributed by atoms with van der Waals surface area (Å²) in [4.78, 5) is 22.8. The van der Waals surface area contributed by atoms with Crippen LogP contribution in [0.15, 0.2) is 53.4 Å². The van der Waals surface area contributed by atoms with Gasteiger partial charge >= 0.3 is 0 Å². The molecule has 8 nitrogen and oxygen atoms in total. The molecule has 1 saturated heterocycles. The molecular weight excluding hydrogens is 382 g/mol. The lowest BCUT2D eigenvalue weighted by molar-refractivity contribution is -0.384. The standard InChI is InChI=1S/C19H21N3O5S/c23-19(20-16-6-5-7-17(14-16)22(24)25)15-8-10-18(11-9-15)28(26,27)21-12-3-1-2-4-13-21/h5-11,14H,1-4,12-13H2,(H,20,23). The van der Waals surface area contributed by atoms with E-state index in [1.54, 1.807) is 6.07 Å². The maximum atomic E-state index is 12.8. The Bertz CT molecular complexity index is 965. The Labute approximate surface area is 163 Å². The summed E-state index contributed by atoms with van der Waals surface area (Å²) in [5.74, 6) is -0.473. The van der Waals surface area contributed by atoms with Crippen molar-refractivity contribution in [3.8, 4) is 0 Å². The number of nitrogens with zero attached hydrogens (tertiary/aromatic N) is 2. The van der Waals surface area contributed by atoms with E-state index in [4.69, 9.17) is 0 Å². The minimum absolute atomic E-state index is 0.128. The van der Waals surface area contributed by atoms with Crippen molar-refractivity contribution in [1.82, 2.24) is 4.31 Å². The second kappa shape index (κ2) is 8.49. The minimum atomic E-state index is -3.58. The molecular formula is C19H21N3O5S. The second-order valence-corrected chi connectivity index (χ2v) is 8.54. The molecule has 3 rings (SSSR count). The van der Waals surface area contributed by atoms with Crippen molar-refractivity contribution < 1.29 is 18.1 Å². The normalized spacial score (nSPS) is 15.6. The van der Waals surface area contributed by atoms with E-state index in [-0.39, 0.29) is 16.1 Å². The highest BCUT2D eigenvalue weighted by Crippen LogP contribution is 2.22. The molecule has 0 spiro atoms. The minimum Gasteiger partial charge on any atom is -0.322 e. The Morgan fingerprint density at radius 3 is 2.25 bits per heavy atom. The fourth-order valence-corrected chi connectivity index (χ4v) is 4.63. The third-order valence-electron chi connectivity index (χ3n) is 4.63. The number of nitrogens with one attached hydrogen (secondary N) is 1. The molecule has 28 heavy (non-hydrogen) atoms. The summed E-state index contributed by atoms with van der Waals surface area (Å²) in [5, 5.41) is 13.4. The quantitative estimate of drug-likeness (QED) is 0.608. The van der Waals surface area contributed by atoms with Gasteiger partial charge < -0.3 is 5.32 Å². The van der Waals surface area contributed by atoms with Crippen LogP contribution < -0.4 is 5.32 Å². The molecule has 1 N–H and O–H groups in total. The third-order valence-corrected chi connectivity index (χ3v) is 6.55. The number of benzene rings is 2. The van der Waals surface area contributed by atoms with Crippen LogP contribution >= 0.6 is 0 Å². The summed E-state index contributed by atoms with van der Waals surface area (Å²) in [6, 6.07) is 11.3. The fraction of sp³-hybridized carbons (Fsp3) is 0.316. The highest BCUT2D eigenvalue weighted by molar-refractivity contribution is 7.89. The number of rotatable bonds is 5. The Morgan fingerprint density at radius 2 is 1.64 bits per heavy atom. The lowest BCUT2D eigenvalue weighted by Crippen LogP contribution is -2.31. The smallest absolute Gasteiger partial charge is 0.271 e. The molecule has 1 aliphatic rings. The maximum Gasteiger partial charge on any atom is 0.271 e. The molecule has 0 radical (unpaired) electrons. The van der Waals surface area contributed by atoms with E-state index in [0.717, 1.165) is 25.7 Å². The van der Waals surface area contributed by atoms with Gasteiger partial charge in [-0.25, -0.2) is 8.42 Å². The first-order valence-electron chi connectivity index (χ1n) is 9.04. The molecule has 0 aromatic heterocycles. The molecule has 2 aromatic rings. The molecule has 1 aliphatic heterocycles. The van der Waals surface area contributed by atoms with E-state index in [2.05, 4.69) is 5.32 Å². The van der Waals surface area contributed by atoms with Crippen LogP contribution in [-0.2, 0) is 10.0 Å². The van der Waals surface area contributed by atoms with Gasteiger partial charge in [0.15, 0.2) is 0 Å². The summed E-state index contributed by atoms with van der Waals surface area (Å²) in [6.07, 6.45) is 3.76. The Morgan fingerprint density at radius 1 is 1.00 bits per heavy atom. The van der Waals surface area contributed by atoms with Crippen LogP contribution in [0.2, 0.25) is 0 Å². The van der Waals surface area contributed by atoms with Crippen molar-refractivity contribution in [1.29, 1.82) is 0 Å². The molecule has 0 aliphatic carbocycles. The van der Waals surface area contributed by atoms with E-state index in [0.29, 0.717) is 18.8 Å². The number of hydrogen-bond acceptors (Lipinski definition) is 5. The predicted octanol–water partition coefficient (Wildman–Crippen LogP) is 3.41. The van der Waals surface area contributed by atoms with Gasteiger partial charge in [0.25, 0.3) is 11.6 Å². The molecule has 0 bridgehead atoms. The number of nitro groups is 1. The lowest BCUT2D eigenvalue weighted by atomic mass is 10.2. The molecule has 0 saturated carbocycles. The Hall–Kier alpha value is -2.78. The van der Waals surface area contributed by atoms with Gasteiger partial charge in [-0.05, 0) is 43.2 Å². The number of anilines is 1. The molecule has 148 valence electrons. The fourth-order valence-electron chi connectivity index (χ4n) is 3.11. The van der Waals surface area contributed by atoms with Gasteiger partial charge in [-0.3, -0.25) is 14.9 Å². The number of non-ortho nitro benzene ring substituents is 1. The first-order chi connectivity index (χ1) is 13.4. The zero-order valence-corrected chi connectivity index (χ0v) is 16.0. The SMILES string of the molecule is O=C(Nc1cccc([N+](=O)[O-])c1)c1ccc(S(=O)(=O)N2CCCCCC2)cc1. The van der Waals surface area contributed by atoms with Gasteiger partial charge in [-0.1, -0.05) is 18.9 Å². The van der Waals surface area contributed by atoms with Crippen LogP contribution in [0.1, 0.15) is 36.0 Å². The van der Waals surface area contributed by atoms with Crippen molar-refractivity contribution in [3.63, 3.8) is 0 Å². The van der Waals surface area contributed by atoms with E-state index in [9.17, 15) is 23.3 Å². The van der Waals surface area contributed by atoms with Gasteiger partial charge in [0.1, 0.15) is 0 Å². The van der Waals surface area contributed by atoms with E-state index >= 15 is 0 Å². The number of amides is 1. The van der Waals surface area contributed by atoms with Crippen LogP contribution in [0, 0.1) is 10.1 Å². The number of nitro benzene ring substituents is 1. The van der Waals surface area contributed by atoms with Crippen LogP contribution in [-0.4, -0.2) is 36.6 Å². The van der Waals surface area contributed by atoms with Crippen molar-refractivity contribution in [2.24, 2.45) is 0 Å². The zero-order chi connectivity index (χ0) is 20.1. The lowest BCUT2D eigenvalue weighted by Gasteiger charge is -2.20. The van der Waals surface area contributed by atoms with Crippen molar-refractivity contribution in [2.45, 2.75) is 30.6 Å². The predicted molar refractivity (Wildman–Crippen MR) is 105 cm³/mol. The van der Waals surface area contributed by atoms with Crippen molar-refractivity contribution in [3.05, 3.63) is 64.2 Å². The van der Waals surface area contributed by atoms with Crippen LogP contribution in [0.4, 0.5) is 11.4 Å². The molecule has 0 unspecified atom stereocenters. The summed E-state index contributed by atoms with van der Waals surface area (Å²) in [6.45, 7) is 1.02. The number of carbonyl (C=O) groups excluding carboxylic acids is 1. The van der Waals surface area contributed by atoms with E-state index in [1.165, 1.54) is 46.8 Å². The third kappa shape index (κ3) is 4.55. The summed E-state index contributed by atoms with van der Waals surface area (Å²) < 4.78 is 27.0. The van der Waals surface area contributed by atoms with Gasteiger partial charge in [-0.15, -0.1) is 0 Å². The molecule has 9 heteroatoms. The van der Waals surface area contributed by atoms with Gasteiger partial charge in [0, 0.05) is 36.5 Å². The molecule has 1 fully saturated rings. The van der Waals surface area contributed by atoms with Crippen LogP contribution in [0.5, 0.6) is 0 Å². The monoisotopic (exact) mass is 403 g/mol. The maximum absolute atomic E-state index is 12.8. The average Bonchev–Trinajstić information content (AvgIpc) is 2.98. The molecule has 1 heterocycles. The summed E-state index contributed by atoms with van der Waals surface area (Å²) in [5.41, 5.74) is 0.429. The molecule has 0 atom stereocenters. The Kier molecular flexibility index (Phi) is 6.05. The van der Waals surface area contributed by atoms with Crippen molar-refractivity contribution in [2.75, 3.05) is 18.4 Å². The van der Waals surface area contributed by atoms with Gasteiger partial charge in [0.2, 0.25) is 10.0 Å².